The fourth-order valence-corrected chi connectivity index (χ4v) is 14.9. The predicted molar refractivity (Wildman–Crippen MR) is 275 cm³/mol. The fourth-order valence-electron chi connectivity index (χ4n) is 14.9. The second-order valence-electron chi connectivity index (χ2n) is 20.1. The highest BCUT2D eigenvalue weighted by Crippen LogP contribution is 2.65. The molecule has 1 saturated carbocycles. The summed E-state index contributed by atoms with van der Waals surface area (Å²) in [6, 6.07) is 84.5. The molecule has 0 nitrogen and oxygen atoms in total. The second kappa shape index (κ2) is 12.8. The van der Waals surface area contributed by atoms with E-state index in [1.165, 1.54) is 159 Å². The maximum Gasteiger partial charge on any atom is 0.0725 e. The van der Waals surface area contributed by atoms with Gasteiger partial charge in [0.2, 0.25) is 0 Å². The Kier molecular flexibility index (Phi) is 6.93. The summed E-state index contributed by atoms with van der Waals surface area (Å²) >= 11 is 0. The highest BCUT2D eigenvalue weighted by Gasteiger charge is 2.53. The molecule has 1 fully saturated rings. The van der Waals surface area contributed by atoms with Gasteiger partial charge >= 0.3 is 0 Å². The first-order chi connectivity index (χ1) is 33.2. The van der Waals surface area contributed by atoms with Crippen molar-refractivity contribution < 1.29 is 0 Å². The fraction of sp³-hybridized carbons (Fsp3) is 0.104. The van der Waals surface area contributed by atoms with Crippen LogP contribution in [0.1, 0.15) is 81.3 Å². The Balaban J connectivity index is 0.838. The van der Waals surface area contributed by atoms with Gasteiger partial charge in [0.15, 0.2) is 0 Å². The minimum Gasteiger partial charge on any atom is -0.0619 e. The zero-order valence-electron chi connectivity index (χ0n) is 37.1. The minimum atomic E-state index is -0.351. The minimum absolute atomic E-state index is 0.00568. The van der Waals surface area contributed by atoms with E-state index < -0.39 is 0 Å². The maximum atomic E-state index is 2.60. The molecule has 3 spiro atoms. The van der Waals surface area contributed by atoms with Gasteiger partial charge in [-0.25, -0.2) is 0 Å². The number of rotatable bonds is 2. The third-order valence-electron chi connectivity index (χ3n) is 17.5. The highest BCUT2D eigenvalue weighted by molar-refractivity contribution is 5.98. The van der Waals surface area contributed by atoms with Crippen LogP contribution in [-0.2, 0) is 16.2 Å². The van der Waals surface area contributed by atoms with Crippen LogP contribution >= 0.6 is 0 Å². The number of hydrogen-bond acceptors (Lipinski definition) is 0. The first-order valence-electron chi connectivity index (χ1n) is 24.4. The first kappa shape index (κ1) is 36.4. The lowest BCUT2D eigenvalue weighted by Crippen LogP contribution is -2.25. The molecule has 0 aliphatic heterocycles. The van der Waals surface area contributed by atoms with Crippen LogP contribution in [0, 0.1) is 0 Å². The monoisotopic (exact) mass is 848 g/mol. The molecule has 10 aromatic rings. The average Bonchev–Trinajstić information content (AvgIpc) is 4.24. The van der Waals surface area contributed by atoms with Crippen molar-refractivity contribution in [3.8, 4) is 77.9 Å². The third kappa shape index (κ3) is 4.28. The van der Waals surface area contributed by atoms with Crippen LogP contribution in [0.4, 0.5) is 0 Å². The summed E-state index contributed by atoms with van der Waals surface area (Å²) in [5.74, 6) is 0. The van der Waals surface area contributed by atoms with Crippen molar-refractivity contribution in [2.45, 2.75) is 41.9 Å². The van der Waals surface area contributed by atoms with Gasteiger partial charge in [-0.05, 0) is 171 Å². The molecule has 0 radical (unpaired) electrons. The van der Waals surface area contributed by atoms with Crippen LogP contribution < -0.4 is 0 Å². The molecule has 10 aromatic carbocycles. The molecule has 16 rings (SSSR count). The van der Waals surface area contributed by atoms with Crippen LogP contribution in [0.5, 0.6) is 0 Å². The van der Waals surface area contributed by atoms with Crippen molar-refractivity contribution in [2.75, 3.05) is 0 Å². The molecular weight excluding hydrogens is 805 g/mol. The van der Waals surface area contributed by atoms with E-state index in [2.05, 4.69) is 218 Å². The largest absolute Gasteiger partial charge is 0.0725 e. The molecule has 0 N–H and O–H groups in total. The van der Waals surface area contributed by atoms with Crippen LogP contribution in [0.2, 0.25) is 0 Å². The van der Waals surface area contributed by atoms with Gasteiger partial charge in [-0.1, -0.05) is 207 Å². The quantitative estimate of drug-likeness (QED) is 0.163. The van der Waals surface area contributed by atoms with Gasteiger partial charge in [0, 0.05) is 5.41 Å². The third-order valence-corrected chi connectivity index (χ3v) is 17.5. The van der Waals surface area contributed by atoms with Crippen molar-refractivity contribution in [1.29, 1.82) is 0 Å². The summed E-state index contributed by atoms with van der Waals surface area (Å²) in [4.78, 5) is 0. The SMILES string of the molecule is c1ccc2c(c1)-c1ccccc1C21c2ccccc2-c2ccc(-c3ccc4c(c3)C3(CCCC3)c3cc(-c5ccc6c(c5)C5(c7ccccc7-c7ccccc75)c5ccccc5-6)ccc3-4)cc21. The van der Waals surface area contributed by atoms with Crippen molar-refractivity contribution in [2.24, 2.45) is 0 Å². The van der Waals surface area contributed by atoms with E-state index in [4.69, 9.17) is 0 Å². The molecule has 0 heteroatoms. The van der Waals surface area contributed by atoms with Crippen molar-refractivity contribution in [3.63, 3.8) is 0 Å². The van der Waals surface area contributed by atoms with Crippen LogP contribution in [0.3, 0.4) is 0 Å². The predicted octanol–water partition coefficient (Wildman–Crippen LogP) is 16.5. The Morgan fingerprint density at radius 2 is 0.433 bits per heavy atom. The van der Waals surface area contributed by atoms with Gasteiger partial charge in [0.1, 0.15) is 0 Å². The Labute approximate surface area is 391 Å². The van der Waals surface area contributed by atoms with E-state index in [-0.39, 0.29) is 16.2 Å². The van der Waals surface area contributed by atoms with E-state index in [1.807, 2.05) is 0 Å². The summed E-state index contributed by atoms with van der Waals surface area (Å²) in [6.45, 7) is 0. The molecule has 0 unspecified atom stereocenters. The molecule has 0 bridgehead atoms. The lowest BCUT2D eigenvalue weighted by atomic mass is 9.70. The number of benzene rings is 10. The lowest BCUT2D eigenvalue weighted by molar-refractivity contribution is 0.550. The normalized spacial score (nSPS) is 16.5. The molecule has 0 amide bonds. The van der Waals surface area contributed by atoms with E-state index in [9.17, 15) is 0 Å². The zero-order chi connectivity index (χ0) is 43.6. The summed E-state index contributed by atoms with van der Waals surface area (Å²) in [5, 5.41) is 0. The molecule has 0 heterocycles. The smallest absolute Gasteiger partial charge is 0.0619 e. The molecule has 6 aliphatic rings. The molecule has 67 heavy (non-hydrogen) atoms. The summed E-state index contributed by atoms with van der Waals surface area (Å²) in [5.41, 5.74) is 32.3. The van der Waals surface area contributed by atoms with Crippen LogP contribution in [-0.4, -0.2) is 0 Å². The topological polar surface area (TPSA) is 0 Å². The Hall–Kier alpha value is -7.80. The Morgan fingerprint density at radius 3 is 0.716 bits per heavy atom. The van der Waals surface area contributed by atoms with E-state index in [0.29, 0.717) is 0 Å². The van der Waals surface area contributed by atoms with Gasteiger partial charge in [-0.15, -0.1) is 0 Å². The van der Waals surface area contributed by atoms with Crippen LogP contribution in [0.25, 0.3) is 77.9 Å². The van der Waals surface area contributed by atoms with Crippen LogP contribution in [0.15, 0.2) is 218 Å². The van der Waals surface area contributed by atoms with E-state index in [1.54, 1.807) is 0 Å². The van der Waals surface area contributed by atoms with Crippen molar-refractivity contribution >= 4 is 0 Å². The van der Waals surface area contributed by atoms with Gasteiger partial charge in [-0.3, -0.25) is 0 Å². The van der Waals surface area contributed by atoms with Gasteiger partial charge in [0.05, 0.1) is 10.8 Å². The molecule has 0 atom stereocenters. The zero-order valence-corrected chi connectivity index (χ0v) is 37.1. The van der Waals surface area contributed by atoms with E-state index >= 15 is 0 Å². The second-order valence-corrected chi connectivity index (χ2v) is 20.1. The molecular formula is C67H44. The maximum absolute atomic E-state index is 2.60. The molecule has 6 aliphatic carbocycles. The summed E-state index contributed by atoms with van der Waals surface area (Å²) in [6.07, 6.45) is 4.88. The summed E-state index contributed by atoms with van der Waals surface area (Å²) in [7, 11) is 0. The molecule has 0 saturated heterocycles. The van der Waals surface area contributed by atoms with E-state index in [0.717, 1.165) is 0 Å². The van der Waals surface area contributed by atoms with Crippen molar-refractivity contribution in [3.05, 3.63) is 274 Å². The Morgan fingerprint density at radius 1 is 0.209 bits per heavy atom. The van der Waals surface area contributed by atoms with Gasteiger partial charge < -0.3 is 0 Å². The Bertz CT molecular complexity index is 3460. The van der Waals surface area contributed by atoms with Gasteiger partial charge in [-0.2, -0.15) is 0 Å². The average molecular weight is 849 g/mol. The molecule has 312 valence electrons. The van der Waals surface area contributed by atoms with Crippen molar-refractivity contribution in [1.82, 2.24) is 0 Å². The highest BCUT2D eigenvalue weighted by atomic mass is 14.5. The standard InChI is InChI=1S/C67H44/c1-7-21-55-45(15-1)46-16-2-8-22-56(46)66(55)59-25-11-5-19-49(59)53-33-29-43(39-63(53)66)41-27-31-51-52-32-28-42(38-62(52)65(61(51)37-41)35-13-14-36-65)44-30-34-54-50-20-6-12-26-60(50)67(64(54)40-44)57-23-9-3-17-47(57)48-18-4-10-24-58(48)67/h1-12,15-34,37-40H,13-14,35-36H2. The molecule has 0 aromatic heterocycles. The summed E-state index contributed by atoms with van der Waals surface area (Å²) < 4.78 is 0. The lowest BCUT2D eigenvalue weighted by Gasteiger charge is -2.31. The van der Waals surface area contributed by atoms with Gasteiger partial charge in [0.25, 0.3) is 0 Å². The first-order valence-corrected chi connectivity index (χ1v) is 24.4. The number of fused-ring (bicyclic) bond motifs is 25. The number of hydrogen-bond donors (Lipinski definition) is 0.